The van der Waals surface area contributed by atoms with E-state index in [0.717, 1.165) is 15.5 Å². The van der Waals surface area contributed by atoms with Crippen LogP contribution in [-0.4, -0.2) is 27.1 Å². The summed E-state index contributed by atoms with van der Waals surface area (Å²) in [4.78, 5) is 12.1. The highest BCUT2D eigenvalue weighted by Crippen LogP contribution is 2.17. The van der Waals surface area contributed by atoms with Crippen molar-refractivity contribution >= 4 is 49.7 Å². The van der Waals surface area contributed by atoms with Gasteiger partial charge in [0.1, 0.15) is 0 Å². The number of sulfone groups is 1. The molecule has 0 unspecified atom stereocenters. The Morgan fingerprint density at radius 1 is 1.14 bits per heavy atom. The molecule has 0 radical (unpaired) electrons. The van der Waals surface area contributed by atoms with Gasteiger partial charge in [0.25, 0.3) is 0 Å². The molecule has 0 saturated carbocycles. The Morgan fingerprint density at radius 2 is 1.86 bits per heavy atom. The third-order valence-electron chi connectivity index (χ3n) is 2.86. The Kier molecular flexibility index (Phi) is 5.41. The van der Waals surface area contributed by atoms with E-state index < -0.39 is 9.84 Å². The predicted octanol–water partition coefficient (Wildman–Crippen LogP) is 2.75. The quantitative estimate of drug-likeness (QED) is 0.716. The second-order valence-corrected chi connectivity index (χ2v) is 7.86. The van der Waals surface area contributed by atoms with Crippen LogP contribution in [0.2, 0.25) is 0 Å². The van der Waals surface area contributed by atoms with Crippen LogP contribution in [0.3, 0.4) is 0 Å². The number of hydrogen-bond acceptors (Lipinski definition) is 4. The zero-order valence-electron chi connectivity index (χ0n) is 11.8. The van der Waals surface area contributed by atoms with Gasteiger partial charge in [-0.15, -0.1) is 0 Å². The Labute approximate surface area is 143 Å². The number of para-hydroxylation sites is 1. The lowest BCUT2D eigenvalue weighted by molar-refractivity contribution is -0.114. The first-order valence-corrected chi connectivity index (χ1v) is 9.41. The first-order chi connectivity index (χ1) is 10.4. The molecular formula is C15H15IN2O3S. The van der Waals surface area contributed by atoms with Gasteiger partial charge in [0.15, 0.2) is 9.84 Å². The van der Waals surface area contributed by atoms with Crippen LogP contribution < -0.4 is 10.6 Å². The number of amides is 1. The van der Waals surface area contributed by atoms with Crippen LogP contribution in [0.5, 0.6) is 0 Å². The summed E-state index contributed by atoms with van der Waals surface area (Å²) in [5.41, 5.74) is 1.33. The minimum atomic E-state index is -3.29. The van der Waals surface area contributed by atoms with E-state index in [9.17, 15) is 13.2 Å². The first kappa shape index (κ1) is 16.8. The first-order valence-electron chi connectivity index (χ1n) is 6.44. The van der Waals surface area contributed by atoms with Crippen LogP contribution in [-0.2, 0) is 14.6 Å². The van der Waals surface area contributed by atoms with Crippen molar-refractivity contribution in [3.05, 3.63) is 52.1 Å². The Bertz CT molecular complexity index is 791. The van der Waals surface area contributed by atoms with Crippen molar-refractivity contribution in [3.63, 3.8) is 0 Å². The molecule has 5 nitrogen and oxygen atoms in total. The number of hydrogen-bond donors (Lipinski definition) is 2. The molecule has 0 aliphatic rings. The van der Waals surface area contributed by atoms with Gasteiger partial charge in [0.2, 0.25) is 5.91 Å². The van der Waals surface area contributed by atoms with Crippen LogP contribution in [0, 0.1) is 3.57 Å². The van der Waals surface area contributed by atoms with Gasteiger partial charge >= 0.3 is 0 Å². The van der Waals surface area contributed by atoms with E-state index in [0.29, 0.717) is 5.69 Å². The highest BCUT2D eigenvalue weighted by atomic mass is 127. The van der Waals surface area contributed by atoms with E-state index in [-0.39, 0.29) is 17.3 Å². The lowest BCUT2D eigenvalue weighted by atomic mass is 10.3. The summed E-state index contributed by atoms with van der Waals surface area (Å²) in [5, 5.41) is 5.72. The normalized spacial score (nSPS) is 11.0. The van der Waals surface area contributed by atoms with Crippen LogP contribution >= 0.6 is 22.6 Å². The third-order valence-corrected chi connectivity index (χ3v) is 4.91. The lowest BCUT2D eigenvalue weighted by Gasteiger charge is -2.10. The lowest BCUT2D eigenvalue weighted by Crippen LogP contribution is -2.22. The Balaban J connectivity index is 2.00. The Hall–Kier alpha value is -1.61. The van der Waals surface area contributed by atoms with Gasteiger partial charge in [0.05, 0.1) is 11.4 Å². The molecule has 0 bridgehead atoms. The molecule has 2 aromatic rings. The van der Waals surface area contributed by atoms with Crippen molar-refractivity contribution < 1.29 is 13.2 Å². The van der Waals surface area contributed by atoms with Crippen LogP contribution in [0.1, 0.15) is 0 Å². The summed E-state index contributed by atoms with van der Waals surface area (Å²) in [6.45, 7) is 0.100. The van der Waals surface area contributed by atoms with E-state index in [4.69, 9.17) is 0 Å². The summed E-state index contributed by atoms with van der Waals surface area (Å²) in [7, 11) is -3.29. The maximum absolute atomic E-state index is 11.9. The highest BCUT2D eigenvalue weighted by Gasteiger charge is 2.09. The third kappa shape index (κ3) is 4.70. The fourth-order valence-electron chi connectivity index (χ4n) is 1.79. The molecule has 7 heteroatoms. The van der Waals surface area contributed by atoms with Gasteiger partial charge in [-0.3, -0.25) is 4.79 Å². The van der Waals surface area contributed by atoms with Crippen molar-refractivity contribution in [1.29, 1.82) is 0 Å². The molecule has 116 valence electrons. The molecule has 0 fully saturated rings. The Morgan fingerprint density at radius 3 is 2.55 bits per heavy atom. The van der Waals surface area contributed by atoms with E-state index in [1.54, 1.807) is 12.1 Å². The molecular weight excluding hydrogens is 415 g/mol. The molecule has 0 aliphatic carbocycles. The summed E-state index contributed by atoms with van der Waals surface area (Å²) in [5.74, 6) is -0.245. The maximum atomic E-state index is 11.9. The SMILES string of the molecule is CS(=O)(=O)c1cccc(NC(=O)CNc2ccccc2I)c1. The summed E-state index contributed by atoms with van der Waals surface area (Å²) >= 11 is 2.18. The van der Waals surface area contributed by atoms with Crippen LogP contribution in [0.15, 0.2) is 53.4 Å². The van der Waals surface area contributed by atoms with Crippen LogP contribution in [0.25, 0.3) is 0 Å². The van der Waals surface area contributed by atoms with Gasteiger partial charge in [0, 0.05) is 21.2 Å². The van der Waals surface area contributed by atoms with Crippen molar-refractivity contribution in [2.24, 2.45) is 0 Å². The molecule has 0 aromatic heterocycles. The average Bonchev–Trinajstić information content (AvgIpc) is 2.46. The number of carbonyl (C=O) groups excluding carboxylic acids is 1. The van der Waals surface area contributed by atoms with Crippen molar-refractivity contribution in [2.45, 2.75) is 4.90 Å². The molecule has 1 amide bonds. The van der Waals surface area contributed by atoms with E-state index in [1.807, 2.05) is 24.3 Å². The fraction of sp³-hybridized carbons (Fsp3) is 0.133. The number of nitrogens with one attached hydrogen (secondary N) is 2. The van der Waals surface area contributed by atoms with Crippen molar-refractivity contribution in [1.82, 2.24) is 0 Å². The standard InChI is InChI=1S/C15H15IN2O3S/c1-22(20,21)12-6-4-5-11(9-12)18-15(19)10-17-14-8-3-2-7-13(14)16/h2-9,17H,10H2,1H3,(H,18,19). The zero-order chi connectivity index (χ0) is 16.2. The molecule has 0 spiro atoms. The largest absolute Gasteiger partial charge is 0.375 e. The van der Waals surface area contributed by atoms with Crippen LogP contribution in [0.4, 0.5) is 11.4 Å². The maximum Gasteiger partial charge on any atom is 0.243 e. The molecule has 2 N–H and O–H groups in total. The topological polar surface area (TPSA) is 75.3 Å². The monoisotopic (exact) mass is 430 g/mol. The molecule has 0 aliphatic heterocycles. The second-order valence-electron chi connectivity index (χ2n) is 4.68. The molecule has 0 saturated heterocycles. The van der Waals surface area contributed by atoms with Gasteiger partial charge in [-0.05, 0) is 52.9 Å². The van der Waals surface area contributed by atoms with E-state index >= 15 is 0 Å². The van der Waals surface area contributed by atoms with E-state index in [1.165, 1.54) is 12.1 Å². The fourth-order valence-corrected chi connectivity index (χ4v) is 3.03. The molecule has 0 atom stereocenters. The molecule has 2 aromatic carbocycles. The molecule has 0 heterocycles. The molecule has 2 rings (SSSR count). The number of halogens is 1. The van der Waals surface area contributed by atoms with E-state index in [2.05, 4.69) is 33.2 Å². The zero-order valence-corrected chi connectivity index (χ0v) is 14.8. The predicted molar refractivity (Wildman–Crippen MR) is 95.8 cm³/mol. The minimum absolute atomic E-state index is 0.100. The van der Waals surface area contributed by atoms with Gasteiger partial charge in [-0.25, -0.2) is 8.42 Å². The number of anilines is 2. The second kappa shape index (κ2) is 7.10. The number of rotatable bonds is 5. The van der Waals surface area contributed by atoms with Crippen molar-refractivity contribution in [2.75, 3.05) is 23.4 Å². The highest BCUT2D eigenvalue weighted by molar-refractivity contribution is 14.1. The van der Waals surface area contributed by atoms with Gasteiger partial charge in [-0.1, -0.05) is 18.2 Å². The van der Waals surface area contributed by atoms with Gasteiger partial charge in [-0.2, -0.15) is 0 Å². The summed E-state index contributed by atoms with van der Waals surface area (Å²) in [6.07, 6.45) is 1.13. The minimum Gasteiger partial charge on any atom is -0.375 e. The summed E-state index contributed by atoms with van der Waals surface area (Å²) in [6, 6.07) is 13.8. The van der Waals surface area contributed by atoms with Gasteiger partial charge < -0.3 is 10.6 Å². The van der Waals surface area contributed by atoms with Crippen molar-refractivity contribution in [3.8, 4) is 0 Å². The molecule has 22 heavy (non-hydrogen) atoms. The smallest absolute Gasteiger partial charge is 0.243 e. The number of carbonyl (C=O) groups is 1. The summed E-state index contributed by atoms with van der Waals surface area (Å²) < 4.78 is 24.0. The average molecular weight is 430 g/mol. The number of benzene rings is 2.